The standard InChI is InChI=1S/C22H24N4O/c23-15-18-7-1-2-8-19(18)16-26-14-6-11-22(26)10-5-13-25(21(22)27)17-20-9-3-4-12-24-20/h1-4,7-9,12H,5-6,10-11,13-14,16-17H2. The third-order valence-corrected chi connectivity index (χ3v) is 5.91. The second kappa shape index (κ2) is 7.50. The van der Waals surface area contributed by atoms with Crippen LogP contribution < -0.4 is 0 Å². The molecule has 2 aliphatic heterocycles. The minimum Gasteiger partial charge on any atom is -0.335 e. The zero-order valence-corrected chi connectivity index (χ0v) is 15.5. The van der Waals surface area contributed by atoms with Crippen molar-refractivity contribution in [1.82, 2.24) is 14.8 Å². The van der Waals surface area contributed by atoms with Crippen LogP contribution in [-0.2, 0) is 17.9 Å². The fraction of sp³-hybridized carbons (Fsp3) is 0.409. The summed E-state index contributed by atoms with van der Waals surface area (Å²) in [5, 5.41) is 9.40. The first-order valence-corrected chi connectivity index (χ1v) is 9.65. The van der Waals surface area contributed by atoms with Gasteiger partial charge in [0.15, 0.2) is 0 Å². The fourth-order valence-electron chi connectivity index (χ4n) is 4.57. The lowest BCUT2D eigenvalue weighted by Crippen LogP contribution is -2.59. The molecule has 1 atom stereocenters. The molecule has 0 bridgehead atoms. The number of likely N-dealkylation sites (tertiary alicyclic amines) is 2. The van der Waals surface area contributed by atoms with Crippen molar-refractivity contribution < 1.29 is 4.79 Å². The maximum Gasteiger partial charge on any atom is 0.243 e. The molecule has 0 radical (unpaired) electrons. The quantitative estimate of drug-likeness (QED) is 0.841. The second-order valence-corrected chi connectivity index (χ2v) is 7.48. The Labute approximate surface area is 160 Å². The zero-order chi connectivity index (χ0) is 18.7. The molecule has 1 unspecified atom stereocenters. The van der Waals surface area contributed by atoms with E-state index in [1.807, 2.05) is 47.4 Å². The molecule has 0 aliphatic carbocycles. The summed E-state index contributed by atoms with van der Waals surface area (Å²) in [5.41, 5.74) is 2.22. The zero-order valence-electron chi connectivity index (χ0n) is 15.5. The molecular weight excluding hydrogens is 336 g/mol. The van der Waals surface area contributed by atoms with Gasteiger partial charge in [-0.15, -0.1) is 0 Å². The van der Waals surface area contributed by atoms with Gasteiger partial charge in [0.2, 0.25) is 5.91 Å². The summed E-state index contributed by atoms with van der Waals surface area (Å²) in [7, 11) is 0. The second-order valence-electron chi connectivity index (χ2n) is 7.48. The Morgan fingerprint density at radius 2 is 1.81 bits per heavy atom. The normalized spacial score (nSPS) is 22.9. The first-order valence-electron chi connectivity index (χ1n) is 9.65. The summed E-state index contributed by atoms with van der Waals surface area (Å²) in [4.78, 5) is 22.2. The molecule has 2 fully saturated rings. The molecule has 2 aromatic rings. The molecular formula is C22H24N4O. The van der Waals surface area contributed by atoms with Gasteiger partial charge in [-0.3, -0.25) is 14.7 Å². The van der Waals surface area contributed by atoms with Crippen LogP contribution in [0, 0.1) is 11.3 Å². The first-order chi connectivity index (χ1) is 13.2. The Balaban J connectivity index is 1.56. The van der Waals surface area contributed by atoms with Crippen LogP contribution in [-0.4, -0.2) is 39.3 Å². The van der Waals surface area contributed by atoms with E-state index in [2.05, 4.69) is 16.0 Å². The molecule has 2 aliphatic rings. The number of benzene rings is 1. The first kappa shape index (κ1) is 17.7. The maximum atomic E-state index is 13.5. The summed E-state index contributed by atoms with van der Waals surface area (Å²) < 4.78 is 0. The maximum absolute atomic E-state index is 13.5. The number of carbonyl (C=O) groups excluding carboxylic acids is 1. The molecule has 3 heterocycles. The van der Waals surface area contributed by atoms with E-state index in [-0.39, 0.29) is 5.91 Å². The van der Waals surface area contributed by atoms with Gasteiger partial charge in [-0.05, 0) is 56.0 Å². The van der Waals surface area contributed by atoms with E-state index in [9.17, 15) is 10.1 Å². The van der Waals surface area contributed by atoms with Crippen LogP contribution in [0.3, 0.4) is 0 Å². The minimum absolute atomic E-state index is 0.228. The van der Waals surface area contributed by atoms with Gasteiger partial charge in [0.1, 0.15) is 5.54 Å². The van der Waals surface area contributed by atoms with E-state index in [1.54, 1.807) is 6.20 Å². The lowest BCUT2D eigenvalue weighted by Gasteiger charge is -2.44. The highest BCUT2D eigenvalue weighted by atomic mass is 16.2. The van der Waals surface area contributed by atoms with E-state index >= 15 is 0 Å². The van der Waals surface area contributed by atoms with Crippen molar-refractivity contribution in [2.75, 3.05) is 13.1 Å². The highest BCUT2D eigenvalue weighted by molar-refractivity contribution is 5.87. The van der Waals surface area contributed by atoms with Crippen LogP contribution in [0.5, 0.6) is 0 Å². The van der Waals surface area contributed by atoms with Gasteiger partial charge in [0.05, 0.1) is 23.9 Å². The molecule has 1 aromatic carbocycles. The Kier molecular flexibility index (Phi) is 4.91. The number of nitrogens with zero attached hydrogens (tertiary/aromatic N) is 4. The number of hydrogen-bond acceptors (Lipinski definition) is 4. The van der Waals surface area contributed by atoms with Crippen LogP contribution in [0.25, 0.3) is 0 Å². The minimum atomic E-state index is -0.421. The molecule has 138 valence electrons. The van der Waals surface area contributed by atoms with E-state index < -0.39 is 5.54 Å². The third kappa shape index (κ3) is 3.33. The monoisotopic (exact) mass is 360 g/mol. The van der Waals surface area contributed by atoms with Crippen molar-refractivity contribution >= 4 is 5.91 Å². The van der Waals surface area contributed by atoms with Gasteiger partial charge in [-0.25, -0.2) is 0 Å². The Morgan fingerprint density at radius 3 is 2.59 bits per heavy atom. The Bertz CT molecular complexity index is 860. The highest BCUT2D eigenvalue weighted by Gasteiger charge is 2.50. The van der Waals surface area contributed by atoms with Gasteiger partial charge >= 0.3 is 0 Å². The molecule has 5 heteroatoms. The van der Waals surface area contributed by atoms with Gasteiger partial charge in [-0.1, -0.05) is 24.3 Å². The summed E-state index contributed by atoms with van der Waals surface area (Å²) in [6, 6.07) is 15.8. The average Bonchev–Trinajstić information content (AvgIpc) is 3.10. The summed E-state index contributed by atoms with van der Waals surface area (Å²) in [6.07, 6.45) is 5.62. The van der Waals surface area contributed by atoms with E-state index in [0.717, 1.165) is 50.0 Å². The van der Waals surface area contributed by atoms with Crippen molar-refractivity contribution in [3.8, 4) is 6.07 Å². The number of nitriles is 1. The van der Waals surface area contributed by atoms with Crippen LogP contribution in [0.1, 0.15) is 42.5 Å². The Morgan fingerprint density at radius 1 is 1.04 bits per heavy atom. The molecule has 27 heavy (non-hydrogen) atoms. The summed E-state index contributed by atoms with van der Waals surface area (Å²) in [6.45, 7) is 2.93. The van der Waals surface area contributed by atoms with Crippen molar-refractivity contribution in [2.24, 2.45) is 0 Å². The van der Waals surface area contributed by atoms with Gasteiger partial charge < -0.3 is 4.90 Å². The van der Waals surface area contributed by atoms with Crippen molar-refractivity contribution in [1.29, 1.82) is 5.26 Å². The van der Waals surface area contributed by atoms with Crippen LogP contribution in [0.2, 0.25) is 0 Å². The highest BCUT2D eigenvalue weighted by Crippen LogP contribution is 2.39. The van der Waals surface area contributed by atoms with Gasteiger partial charge in [-0.2, -0.15) is 5.26 Å². The van der Waals surface area contributed by atoms with Crippen molar-refractivity contribution in [3.05, 3.63) is 65.5 Å². The molecule has 0 N–H and O–H groups in total. The smallest absolute Gasteiger partial charge is 0.243 e. The molecule has 1 amide bonds. The molecule has 4 rings (SSSR count). The average molecular weight is 360 g/mol. The number of aromatic nitrogens is 1. The molecule has 1 spiro atoms. The molecule has 2 saturated heterocycles. The predicted molar refractivity (Wildman–Crippen MR) is 102 cm³/mol. The molecule has 5 nitrogen and oxygen atoms in total. The number of amides is 1. The van der Waals surface area contributed by atoms with E-state index in [1.165, 1.54) is 0 Å². The Hall–Kier alpha value is -2.71. The topological polar surface area (TPSA) is 60.2 Å². The summed E-state index contributed by atoms with van der Waals surface area (Å²) in [5.74, 6) is 0.228. The van der Waals surface area contributed by atoms with E-state index in [0.29, 0.717) is 18.7 Å². The number of rotatable bonds is 4. The van der Waals surface area contributed by atoms with Crippen LogP contribution >= 0.6 is 0 Å². The third-order valence-electron chi connectivity index (χ3n) is 5.91. The van der Waals surface area contributed by atoms with Crippen LogP contribution in [0.15, 0.2) is 48.7 Å². The lowest BCUT2D eigenvalue weighted by molar-refractivity contribution is -0.148. The number of carbonyl (C=O) groups is 1. The van der Waals surface area contributed by atoms with Gasteiger partial charge in [0.25, 0.3) is 0 Å². The number of piperidine rings is 1. The molecule has 0 saturated carbocycles. The largest absolute Gasteiger partial charge is 0.335 e. The number of pyridine rings is 1. The summed E-state index contributed by atoms with van der Waals surface area (Å²) >= 11 is 0. The number of hydrogen-bond donors (Lipinski definition) is 0. The fourth-order valence-corrected chi connectivity index (χ4v) is 4.57. The van der Waals surface area contributed by atoms with Crippen LogP contribution in [0.4, 0.5) is 0 Å². The van der Waals surface area contributed by atoms with E-state index in [4.69, 9.17) is 0 Å². The molecule has 1 aromatic heterocycles. The van der Waals surface area contributed by atoms with Crippen molar-refractivity contribution in [2.45, 2.75) is 44.3 Å². The lowest BCUT2D eigenvalue weighted by atomic mass is 9.85. The van der Waals surface area contributed by atoms with Crippen molar-refractivity contribution in [3.63, 3.8) is 0 Å². The predicted octanol–water partition coefficient (Wildman–Crippen LogP) is 3.11. The van der Waals surface area contributed by atoms with Gasteiger partial charge in [0, 0.05) is 19.3 Å². The SMILES string of the molecule is N#Cc1ccccc1CN1CCCC12CCCN(Cc1ccccn1)C2=O.